The SMILES string of the molecule is O=C(O)c1ccc(C(=O)NCCC2CCCCC2)c(F)c1. The second-order valence-corrected chi connectivity index (χ2v) is 5.55. The number of amides is 1. The summed E-state index contributed by atoms with van der Waals surface area (Å²) < 4.78 is 13.7. The molecule has 1 aliphatic rings. The molecule has 0 heterocycles. The van der Waals surface area contributed by atoms with Gasteiger partial charge in [0.15, 0.2) is 0 Å². The molecule has 0 spiro atoms. The van der Waals surface area contributed by atoms with Gasteiger partial charge < -0.3 is 10.4 Å². The van der Waals surface area contributed by atoms with Gasteiger partial charge in [0, 0.05) is 6.54 Å². The fourth-order valence-corrected chi connectivity index (χ4v) is 2.79. The molecule has 1 aromatic rings. The summed E-state index contributed by atoms with van der Waals surface area (Å²) in [5.41, 5.74) is -0.269. The van der Waals surface area contributed by atoms with E-state index in [9.17, 15) is 14.0 Å². The third kappa shape index (κ3) is 4.28. The molecule has 0 bridgehead atoms. The number of carbonyl (C=O) groups is 2. The molecular formula is C16H20FNO3. The summed E-state index contributed by atoms with van der Waals surface area (Å²) in [5.74, 6) is -1.85. The van der Waals surface area contributed by atoms with Gasteiger partial charge in [0.1, 0.15) is 5.82 Å². The third-order valence-electron chi connectivity index (χ3n) is 4.02. The van der Waals surface area contributed by atoms with Gasteiger partial charge in [-0.05, 0) is 30.5 Å². The predicted octanol–water partition coefficient (Wildman–Crippen LogP) is 3.22. The summed E-state index contributed by atoms with van der Waals surface area (Å²) >= 11 is 0. The van der Waals surface area contributed by atoms with E-state index in [1.54, 1.807) is 0 Å². The molecule has 114 valence electrons. The molecule has 0 atom stereocenters. The fourth-order valence-electron chi connectivity index (χ4n) is 2.79. The first-order valence-electron chi connectivity index (χ1n) is 7.39. The number of halogens is 1. The van der Waals surface area contributed by atoms with Gasteiger partial charge in [0.2, 0.25) is 0 Å². The molecule has 0 saturated heterocycles. The van der Waals surface area contributed by atoms with Crippen molar-refractivity contribution in [2.24, 2.45) is 5.92 Å². The first-order chi connectivity index (χ1) is 10.1. The van der Waals surface area contributed by atoms with Crippen LogP contribution >= 0.6 is 0 Å². The molecule has 0 aliphatic heterocycles. The van der Waals surface area contributed by atoms with Crippen LogP contribution in [0.5, 0.6) is 0 Å². The first kappa shape index (κ1) is 15.5. The van der Waals surface area contributed by atoms with E-state index < -0.39 is 17.7 Å². The van der Waals surface area contributed by atoms with Crippen LogP contribution in [0.2, 0.25) is 0 Å². The summed E-state index contributed by atoms with van der Waals surface area (Å²) in [5, 5.41) is 11.5. The Balaban J connectivity index is 1.86. The van der Waals surface area contributed by atoms with Crippen LogP contribution in [0.15, 0.2) is 18.2 Å². The van der Waals surface area contributed by atoms with Crippen LogP contribution in [0.25, 0.3) is 0 Å². The molecule has 2 N–H and O–H groups in total. The van der Waals surface area contributed by atoms with Gasteiger partial charge in [0.25, 0.3) is 5.91 Å². The molecular weight excluding hydrogens is 273 g/mol. The lowest BCUT2D eigenvalue weighted by molar-refractivity contribution is 0.0695. The van der Waals surface area contributed by atoms with E-state index in [-0.39, 0.29) is 11.1 Å². The Morgan fingerprint density at radius 2 is 1.95 bits per heavy atom. The molecule has 0 aromatic heterocycles. The fraction of sp³-hybridized carbons (Fsp3) is 0.500. The van der Waals surface area contributed by atoms with Crippen LogP contribution in [0.4, 0.5) is 4.39 Å². The van der Waals surface area contributed by atoms with Gasteiger partial charge in [-0.3, -0.25) is 4.79 Å². The van der Waals surface area contributed by atoms with E-state index in [2.05, 4.69) is 5.32 Å². The highest BCUT2D eigenvalue weighted by atomic mass is 19.1. The van der Waals surface area contributed by atoms with Gasteiger partial charge in [-0.15, -0.1) is 0 Å². The highest BCUT2D eigenvalue weighted by Crippen LogP contribution is 2.25. The van der Waals surface area contributed by atoms with Gasteiger partial charge in [0.05, 0.1) is 11.1 Å². The maximum Gasteiger partial charge on any atom is 0.335 e. The minimum atomic E-state index is -1.21. The highest BCUT2D eigenvalue weighted by Gasteiger charge is 2.16. The zero-order valence-corrected chi connectivity index (χ0v) is 11.9. The lowest BCUT2D eigenvalue weighted by Crippen LogP contribution is -2.27. The summed E-state index contributed by atoms with van der Waals surface area (Å²) in [7, 11) is 0. The summed E-state index contributed by atoms with van der Waals surface area (Å²) in [6.07, 6.45) is 7.13. The van der Waals surface area contributed by atoms with Crippen molar-refractivity contribution in [3.8, 4) is 0 Å². The van der Waals surface area contributed by atoms with Crippen molar-refractivity contribution < 1.29 is 19.1 Å². The second-order valence-electron chi connectivity index (χ2n) is 5.55. The normalized spacial score (nSPS) is 15.7. The molecule has 0 unspecified atom stereocenters. The number of hydrogen-bond donors (Lipinski definition) is 2. The molecule has 4 nitrogen and oxygen atoms in total. The average molecular weight is 293 g/mol. The smallest absolute Gasteiger partial charge is 0.335 e. The van der Waals surface area contributed by atoms with Gasteiger partial charge in [-0.2, -0.15) is 0 Å². The maximum absolute atomic E-state index is 13.7. The van der Waals surface area contributed by atoms with E-state index >= 15 is 0 Å². The topological polar surface area (TPSA) is 66.4 Å². The van der Waals surface area contributed by atoms with Crippen LogP contribution in [0.1, 0.15) is 59.2 Å². The predicted molar refractivity (Wildman–Crippen MR) is 76.9 cm³/mol. The van der Waals surface area contributed by atoms with E-state index in [4.69, 9.17) is 5.11 Å². The lowest BCUT2D eigenvalue weighted by Gasteiger charge is -2.21. The first-order valence-corrected chi connectivity index (χ1v) is 7.39. The number of nitrogens with one attached hydrogen (secondary N) is 1. The standard InChI is InChI=1S/C16H20FNO3/c17-14-10-12(16(20)21)6-7-13(14)15(19)18-9-8-11-4-2-1-3-5-11/h6-7,10-11H,1-5,8-9H2,(H,18,19)(H,20,21). The van der Waals surface area contributed by atoms with Crippen LogP contribution < -0.4 is 5.32 Å². The Bertz CT molecular complexity index is 524. The number of carboxylic acids is 1. The lowest BCUT2D eigenvalue weighted by atomic mass is 9.87. The van der Waals surface area contributed by atoms with Crippen molar-refractivity contribution in [1.29, 1.82) is 0 Å². The highest BCUT2D eigenvalue weighted by molar-refractivity contribution is 5.96. The molecule has 1 fully saturated rings. The van der Waals surface area contributed by atoms with E-state index in [0.717, 1.165) is 12.5 Å². The Hall–Kier alpha value is -1.91. The Morgan fingerprint density at radius 1 is 1.24 bits per heavy atom. The quantitative estimate of drug-likeness (QED) is 0.876. The van der Waals surface area contributed by atoms with E-state index in [1.807, 2.05) is 0 Å². The van der Waals surface area contributed by atoms with Gasteiger partial charge in [-0.25, -0.2) is 9.18 Å². The van der Waals surface area contributed by atoms with Gasteiger partial charge in [-0.1, -0.05) is 32.1 Å². The van der Waals surface area contributed by atoms with E-state index in [1.165, 1.54) is 44.2 Å². The molecule has 1 saturated carbocycles. The Labute approximate surface area is 123 Å². The monoisotopic (exact) mass is 293 g/mol. The van der Waals surface area contributed by atoms with Crippen molar-refractivity contribution in [2.75, 3.05) is 6.54 Å². The Morgan fingerprint density at radius 3 is 2.57 bits per heavy atom. The second kappa shape index (κ2) is 7.20. The van der Waals surface area contributed by atoms with Crippen molar-refractivity contribution in [2.45, 2.75) is 38.5 Å². The summed E-state index contributed by atoms with van der Waals surface area (Å²) in [6.45, 7) is 0.531. The maximum atomic E-state index is 13.7. The van der Waals surface area contributed by atoms with Crippen molar-refractivity contribution in [3.05, 3.63) is 35.1 Å². The van der Waals surface area contributed by atoms with Crippen molar-refractivity contribution in [1.82, 2.24) is 5.32 Å². The summed E-state index contributed by atoms with van der Waals surface area (Å²) in [6, 6.07) is 3.33. The number of aromatic carboxylic acids is 1. The Kier molecular flexibility index (Phi) is 5.31. The third-order valence-corrected chi connectivity index (χ3v) is 4.02. The van der Waals surface area contributed by atoms with Crippen LogP contribution in [-0.2, 0) is 0 Å². The number of benzene rings is 1. The number of hydrogen-bond acceptors (Lipinski definition) is 2. The van der Waals surface area contributed by atoms with Crippen LogP contribution in [0, 0.1) is 11.7 Å². The number of carbonyl (C=O) groups excluding carboxylic acids is 1. The number of rotatable bonds is 5. The summed E-state index contributed by atoms with van der Waals surface area (Å²) in [4.78, 5) is 22.6. The minimum absolute atomic E-state index is 0.108. The molecule has 0 radical (unpaired) electrons. The molecule has 1 aromatic carbocycles. The molecule has 21 heavy (non-hydrogen) atoms. The van der Waals surface area contributed by atoms with Gasteiger partial charge >= 0.3 is 5.97 Å². The molecule has 5 heteroatoms. The zero-order valence-electron chi connectivity index (χ0n) is 11.9. The molecule has 1 aliphatic carbocycles. The van der Waals surface area contributed by atoms with Crippen LogP contribution in [0.3, 0.4) is 0 Å². The largest absolute Gasteiger partial charge is 0.478 e. The zero-order chi connectivity index (χ0) is 15.2. The van der Waals surface area contributed by atoms with E-state index in [0.29, 0.717) is 12.5 Å². The number of carboxylic acid groups (broad SMARTS) is 1. The minimum Gasteiger partial charge on any atom is -0.478 e. The van der Waals surface area contributed by atoms with Crippen molar-refractivity contribution >= 4 is 11.9 Å². The van der Waals surface area contributed by atoms with Crippen molar-refractivity contribution in [3.63, 3.8) is 0 Å². The molecule has 1 amide bonds. The average Bonchev–Trinajstić information content (AvgIpc) is 2.48. The van der Waals surface area contributed by atoms with Crippen LogP contribution in [-0.4, -0.2) is 23.5 Å². The molecule has 2 rings (SSSR count).